The van der Waals surface area contributed by atoms with E-state index in [-0.39, 0.29) is 12.0 Å². The van der Waals surface area contributed by atoms with Gasteiger partial charge in [0.15, 0.2) is 5.96 Å². The maximum absolute atomic E-state index is 12.7. The smallest absolute Gasteiger partial charge is 0.225 e. The second kappa shape index (κ2) is 9.43. The zero-order valence-electron chi connectivity index (χ0n) is 17.2. The summed E-state index contributed by atoms with van der Waals surface area (Å²) in [6.45, 7) is 3.41. The zero-order chi connectivity index (χ0) is 20.1. The van der Waals surface area contributed by atoms with Crippen molar-refractivity contribution in [2.45, 2.75) is 51.0 Å². The first-order chi connectivity index (χ1) is 13.4. The first kappa shape index (κ1) is 21.4. The van der Waals surface area contributed by atoms with Crippen molar-refractivity contribution in [2.75, 3.05) is 46.0 Å². The van der Waals surface area contributed by atoms with Gasteiger partial charge in [-0.3, -0.25) is 9.79 Å². The van der Waals surface area contributed by atoms with Gasteiger partial charge in [0.2, 0.25) is 15.9 Å². The van der Waals surface area contributed by atoms with E-state index in [0.717, 1.165) is 44.7 Å². The number of likely N-dealkylation sites (tertiary alicyclic amines) is 1. The van der Waals surface area contributed by atoms with Crippen molar-refractivity contribution in [3.05, 3.63) is 0 Å². The van der Waals surface area contributed by atoms with Crippen LogP contribution in [0.25, 0.3) is 0 Å². The Labute approximate surface area is 169 Å². The van der Waals surface area contributed by atoms with Gasteiger partial charge in [0.25, 0.3) is 0 Å². The third-order valence-electron chi connectivity index (χ3n) is 6.29. The van der Waals surface area contributed by atoms with Crippen molar-refractivity contribution >= 4 is 21.9 Å². The number of amides is 1. The molecule has 2 atom stereocenters. The van der Waals surface area contributed by atoms with Crippen LogP contribution in [0.5, 0.6) is 0 Å². The van der Waals surface area contributed by atoms with Gasteiger partial charge >= 0.3 is 0 Å². The Kier molecular flexibility index (Phi) is 7.20. The number of carbonyl (C=O) groups excluding carboxylic acids is 1. The van der Waals surface area contributed by atoms with E-state index >= 15 is 0 Å². The van der Waals surface area contributed by atoms with E-state index < -0.39 is 10.0 Å². The largest absolute Gasteiger partial charge is 0.356 e. The van der Waals surface area contributed by atoms with Crippen LogP contribution < -0.4 is 10.6 Å². The maximum Gasteiger partial charge on any atom is 0.225 e. The van der Waals surface area contributed by atoms with E-state index in [2.05, 4.69) is 15.6 Å². The maximum atomic E-state index is 12.7. The van der Waals surface area contributed by atoms with E-state index in [0.29, 0.717) is 31.5 Å². The summed E-state index contributed by atoms with van der Waals surface area (Å²) >= 11 is 0. The molecule has 1 aliphatic carbocycles. The van der Waals surface area contributed by atoms with Gasteiger partial charge in [0, 0.05) is 51.7 Å². The second-order valence-electron chi connectivity index (χ2n) is 8.48. The highest BCUT2D eigenvalue weighted by Crippen LogP contribution is 2.26. The predicted molar refractivity (Wildman–Crippen MR) is 111 cm³/mol. The molecule has 1 saturated carbocycles. The zero-order valence-corrected chi connectivity index (χ0v) is 18.0. The molecule has 3 aliphatic rings. The molecule has 2 N–H and O–H groups in total. The minimum Gasteiger partial charge on any atom is -0.356 e. The fraction of sp³-hybridized carbons (Fsp3) is 0.895. The van der Waals surface area contributed by atoms with Crippen molar-refractivity contribution in [2.24, 2.45) is 16.8 Å². The van der Waals surface area contributed by atoms with Crippen LogP contribution in [0, 0.1) is 11.8 Å². The van der Waals surface area contributed by atoms with Crippen molar-refractivity contribution in [1.82, 2.24) is 19.8 Å². The van der Waals surface area contributed by atoms with E-state index in [1.54, 1.807) is 11.4 Å². The molecule has 3 rings (SSSR count). The SMILES string of the molecule is CN=C(NCC1CCN(S(C)(=O)=O)C1)NC1CCN(C(=O)C2CCCCC2)C1. The second-order valence-corrected chi connectivity index (χ2v) is 10.5. The van der Waals surface area contributed by atoms with Crippen LogP contribution in [0.1, 0.15) is 44.9 Å². The lowest BCUT2D eigenvalue weighted by molar-refractivity contribution is -0.135. The average molecular weight is 414 g/mol. The van der Waals surface area contributed by atoms with Crippen molar-refractivity contribution in [1.29, 1.82) is 0 Å². The van der Waals surface area contributed by atoms with E-state index in [4.69, 9.17) is 0 Å². The molecular formula is C19H35N5O3S. The minimum atomic E-state index is -3.10. The Hall–Kier alpha value is -1.35. The summed E-state index contributed by atoms with van der Waals surface area (Å²) in [5.41, 5.74) is 0. The summed E-state index contributed by atoms with van der Waals surface area (Å²) < 4.78 is 24.8. The topological polar surface area (TPSA) is 94.1 Å². The average Bonchev–Trinajstić information content (AvgIpc) is 3.34. The molecule has 9 heteroatoms. The van der Waals surface area contributed by atoms with Gasteiger partial charge < -0.3 is 15.5 Å². The Morgan fingerprint density at radius 2 is 1.82 bits per heavy atom. The lowest BCUT2D eigenvalue weighted by Crippen LogP contribution is -2.46. The number of carbonyl (C=O) groups is 1. The number of hydrogen-bond acceptors (Lipinski definition) is 4. The van der Waals surface area contributed by atoms with Crippen LogP contribution in [0.4, 0.5) is 0 Å². The molecule has 2 unspecified atom stereocenters. The van der Waals surface area contributed by atoms with E-state index in [9.17, 15) is 13.2 Å². The molecule has 0 radical (unpaired) electrons. The van der Waals surface area contributed by atoms with Crippen LogP contribution in [0.15, 0.2) is 4.99 Å². The molecule has 0 bridgehead atoms. The molecule has 0 aromatic heterocycles. The number of sulfonamides is 1. The molecule has 2 heterocycles. The lowest BCUT2D eigenvalue weighted by Gasteiger charge is -2.26. The quantitative estimate of drug-likeness (QED) is 0.509. The highest BCUT2D eigenvalue weighted by molar-refractivity contribution is 7.88. The summed E-state index contributed by atoms with van der Waals surface area (Å²) in [5, 5.41) is 6.76. The van der Waals surface area contributed by atoms with Gasteiger partial charge in [0.05, 0.1) is 6.26 Å². The fourth-order valence-corrected chi connectivity index (χ4v) is 5.50. The molecule has 1 amide bonds. The van der Waals surface area contributed by atoms with Gasteiger partial charge in [-0.1, -0.05) is 19.3 Å². The van der Waals surface area contributed by atoms with Crippen molar-refractivity contribution < 1.29 is 13.2 Å². The monoisotopic (exact) mass is 413 g/mol. The van der Waals surface area contributed by atoms with Crippen LogP contribution in [0.2, 0.25) is 0 Å². The standard InChI is InChI=1S/C19H35N5O3S/c1-20-19(21-12-15-8-11-24(13-15)28(2,26)27)22-17-9-10-23(14-17)18(25)16-6-4-3-5-7-16/h15-17H,3-14H2,1-2H3,(H2,20,21,22). The number of rotatable bonds is 5. The van der Waals surface area contributed by atoms with Crippen LogP contribution in [-0.4, -0.2) is 81.6 Å². The molecule has 8 nitrogen and oxygen atoms in total. The molecule has 2 saturated heterocycles. The van der Waals surface area contributed by atoms with Crippen molar-refractivity contribution in [3.63, 3.8) is 0 Å². The number of nitrogens with zero attached hydrogens (tertiary/aromatic N) is 3. The van der Waals surface area contributed by atoms with Crippen LogP contribution in [0.3, 0.4) is 0 Å². The molecule has 28 heavy (non-hydrogen) atoms. The van der Waals surface area contributed by atoms with Gasteiger partial charge in [-0.05, 0) is 31.6 Å². The molecule has 0 spiro atoms. The molecule has 160 valence electrons. The van der Waals surface area contributed by atoms with Crippen molar-refractivity contribution in [3.8, 4) is 0 Å². The van der Waals surface area contributed by atoms with Gasteiger partial charge in [-0.15, -0.1) is 0 Å². The molecule has 2 aliphatic heterocycles. The summed E-state index contributed by atoms with van der Waals surface area (Å²) in [7, 11) is -1.36. The number of aliphatic imine (C=N–C) groups is 1. The van der Waals surface area contributed by atoms with Gasteiger partial charge in [0.1, 0.15) is 0 Å². The summed E-state index contributed by atoms with van der Waals surface area (Å²) in [6.07, 6.45) is 8.78. The highest BCUT2D eigenvalue weighted by Gasteiger charge is 2.32. The highest BCUT2D eigenvalue weighted by atomic mass is 32.2. The molecular weight excluding hydrogens is 378 g/mol. The molecule has 0 aromatic carbocycles. The Balaban J connectivity index is 1.41. The summed E-state index contributed by atoms with van der Waals surface area (Å²) in [4.78, 5) is 19.0. The Morgan fingerprint density at radius 3 is 2.46 bits per heavy atom. The fourth-order valence-electron chi connectivity index (χ4n) is 4.58. The number of hydrogen-bond donors (Lipinski definition) is 2. The number of nitrogens with one attached hydrogen (secondary N) is 2. The van der Waals surface area contributed by atoms with Gasteiger partial charge in [-0.2, -0.15) is 0 Å². The minimum absolute atomic E-state index is 0.217. The Bertz CT molecular complexity index is 675. The predicted octanol–water partition coefficient (Wildman–Crippen LogP) is 0.614. The summed E-state index contributed by atoms with van der Waals surface area (Å²) in [6, 6.07) is 0.217. The lowest BCUT2D eigenvalue weighted by atomic mass is 9.88. The van der Waals surface area contributed by atoms with Gasteiger partial charge in [-0.25, -0.2) is 12.7 Å². The normalized spacial score (nSPS) is 27.9. The summed E-state index contributed by atoms with van der Waals surface area (Å²) in [5.74, 6) is 1.58. The third kappa shape index (κ3) is 5.59. The first-order valence-electron chi connectivity index (χ1n) is 10.6. The van der Waals surface area contributed by atoms with E-state index in [1.807, 2.05) is 4.90 Å². The van der Waals surface area contributed by atoms with Crippen LogP contribution >= 0.6 is 0 Å². The van der Waals surface area contributed by atoms with Crippen LogP contribution in [-0.2, 0) is 14.8 Å². The molecule has 3 fully saturated rings. The molecule has 0 aromatic rings. The first-order valence-corrected chi connectivity index (χ1v) is 12.4. The van der Waals surface area contributed by atoms with E-state index in [1.165, 1.54) is 25.5 Å². The third-order valence-corrected chi connectivity index (χ3v) is 7.56. The Morgan fingerprint density at radius 1 is 1.07 bits per heavy atom. The number of guanidine groups is 1.